The fourth-order valence-corrected chi connectivity index (χ4v) is 3.72. The van der Waals surface area contributed by atoms with Gasteiger partial charge in [-0.25, -0.2) is 4.57 Å². The van der Waals surface area contributed by atoms with Crippen molar-refractivity contribution in [2.75, 3.05) is 0 Å². The summed E-state index contributed by atoms with van der Waals surface area (Å²) >= 11 is 0. The van der Waals surface area contributed by atoms with E-state index in [0.717, 1.165) is 12.3 Å². The SMILES string of the molecule is Cc1cc(C)c(-n2c[n+]3c(n2)CCC3CC(C)C)c(C)c1. The van der Waals surface area contributed by atoms with Gasteiger partial charge in [0.25, 0.3) is 5.82 Å². The zero-order chi connectivity index (χ0) is 15.1. The molecule has 3 nitrogen and oxygen atoms in total. The van der Waals surface area contributed by atoms with E-state index >= 15 is 0 Å². The van der Waals surface area contributed by atoms with Crippen molar-refractivity contribution in [1.29, 1.82) is 0 Å². The molecule has 3 rings (SSSR count). The summed E-state index contributed by atoms with van der Waals surface area (Å²) in [6, 6.07) is 5.11. The molecule has 1 aromatic carbocycles. The molecule has 1 atom stereocenters. The van der Waals surface area contributed by atoms with E-state index in [0.29, 0.717) is 6.04 Å². The molecule has 0 bridgehead atoms. The van der Waals surface area contributed by atoms with Crippen LogP contribution < -0.4 is 4.57 Å². The third kappa shape index (κ3) is 2.61. The number of benzene rings is 1. The molecule has 112 valence electrons. The molecule has 2 heterocycles. The van der Waals surface area contributed by atoms with Gasteiger partial charge < -0.3 is 0 Å². The zero-order valence-corrected chi connectivity index (χ0v) is 13.8. The highest BCUT2D eigenvalue weighted by molar-refractivity contribution is 5.48. The number of aryl methyl sites for hydroxylation is 4. The highest BCUT2D eigenvalue weighted by Gasteiger charge is 2.32. The van der Waals surface area contributed by atoms with Gasteiger partial charge in [0.15, 0.2) is 0 Å². The fourth-order valence-electron chi connectivity index (χ4n) is 3.72. The second-order valence-corrected chi connectivity index (χ2v) is 6.95. The number of nitrogens with zero attached hydrogens (tertiary/aromatic N) is 3. The third-order valence-corrected chi connectivity index (χ3v) is 4.46. The minimum atomic E-state index is 0.625. The molecule has 0 radical (unpaired) electrons. The van der Waals surface area contributed by atoms with Crippen LogP contribution >= 0.6 is 0 Å². The lowest BCUT2D eigenvalue weighted by Gasteiger charge is -2.11. The first kappa shape index (κ1) is 14.3. The minimum Gasteiger partial charge on any atom is -0.231 e. The Labute approximate surface area is 127 Å². The lowest BCUT2D eigenvalue weighted by molar-refractivity contribution is -0.718. The standard InChI is InChI=1S/C18H26N3/c1-12(2)8-16-6-7-17-19-21(11-20(16)17)18-14(4)9-13(3)10-15(18)5/h9-12,16H,6-8H2,1-5H3/q+1. The van der Waals surface area contributed by atoms with Gasteiger partial charge in [0.05, 0.1) is 6.04 Å². The van der Waals surface area contributed by atoms with Gasteiger partial charge in [-0.1, -0.05) is 36.2 Å². The van der Waals surface area contributed by atoms with E-state index in [1.165, 1.54) is 41.0 Å². The van der Waals surface area contributed by atoms with Crippen molar-refractivity contribution < 1.29 is 4.57 Å². The molecular formula is C18H26N3+. The van der Waals surface area contributed by atoms with Crippen LogP contribution in [0.1, 0.15) is 55.2 Å². The molecule has 0 N–H and O–H groups in total. The maximum atomic E-state index is 4.85. The molecule has 1 aromatic heterocycles. The van der Waals surface area contributed by atoms with E-state index < -0.39 is 0 Å². The van der Waals surface area contributed by atoms with Crippen molar-refractivity contribution in [1.82, 2.24) is 9.78 Å². The molecule has 0 saturated heterocycles. The van der Waals surface area contributed by atoms with Gasteiger partial charge in [0.2, 0.25) is 6.33 Å². The van der Waals surface area contributed by atoms with Crippen LogP contribution in [0, 0.1) is 26.7 Å². The summed E-state index contributed by atoms with van der Waals surface area (Å²) < 4.78 is 4.49. The maximum absolute atomic E-state index is 4.85. The van der Waals surface area contributed by atoms with E-state index in [9.17, 15) is 0 Å². The maximum Gasteiger partial charge on any atom is 0.278 e. The first-order chi connectivity index (χ1) is 9.95. The smallest absolute Gasteiger partial charge is 0.231 e. The van der Waals surface area contributed by atoms with E-state index in [-0.39, 0.29) is 0 Å². The number of aromatic nitrogens is 3. The quantitative estimate of drug-likeness (QED) is 0.789. The average Bonchev–Trinajstić information content (AvgIpc) is 2.90. The summed E-state index contributed by atoms with van der Waals surface area (Å²) in [5.74, 6) is 1.97. The summed E-state index contributed by atoms with van der Waals surface area (Å²) in [7, 11) is 0. The van der Waals surface area contributed by atoms with Crippen LogP contribution in [0.15, 0.2) is 18.5 Å². The number of hydrogen-bond donors (Lipinski definition) is 0. The van der Waals surface area contributed by atoms with Crippen molar-refractivity contribution in [3.05, 3.63) is 41.0 Å². The first-order valence-electron chi connectivity index (χ1n) is 8.03. The molecule has 0 amide bonds. The molecule has 0 fully saturated rings. The second kappa shape index (κ2) is 5.28. The molecule has 1 unspecified atom stereocenters. The predicted octanol–water partition coefficient (Wildman–Crippen LogP) is 3.62. The predicted molar refractivity (Wildman–Crippen MR) is 84.8 cm³/mol. The van der Waals surface area contributed by atoms with Crippen LogP contribution in [-0.4, -0.2) is 9.78 Å². The van der Waals surface area contributed by atoms with E-state index in [1.54, 1.807) is 0 Å². The van der Waals surface area contributed by atoms with Crippen LogP contribution in [0.2, 0.25) is 0 Å². The van der Waals surface area contributed by atoms with Crippen molar-refractivity contribution in [2.24, 2.45) is 5.92 Å². The van der Waals surface area contributed by atoms with E-state index in [4.69, 9.17) is 5.10 Å². The highest BCUT2D eigenvalue weighted by Crippen LogP contribution is 2.25. The van der Waals surface area contributed by atoms with Crippen molar-refractivity contribution in [3.8, 4) is 5.69 Å². The van der Waals surface area contributed by atoms with Gasteiger partial charge in [-0.05, 0) is 50.7 Å². The Kier molecular flexibility index (Phi) is 3.60. The number of rotatable bonds is 3. The molecule has 1 aliphatic rings. The van der Waals surface area contributed by atoms with Crippen LogP contribution in [0.25, 0.3) is 5.69 Å². The minimum absolute atomic E-state index is 0.625. The lowest BCUT2D eigenvalue weighted by Crippen LogP contribution is -2.36. The summed E-state index contributed by atoms with van der Waals surface area (Å²) in [5, 5.41) is 4.85. The molecule has 0 saturated carbocycles. The Balaban J connectivity index is 2.00. The Morgan fingerprint density at radius 1 is 1.24 bits per heavy atom. The number of hydrogen-bond acceptors (Lipinski definition) is 1. The second-order valence-electron chi connectivity index (χ2n) is 6.95. The molecule has 0 spiro atoms. The Hall–Kier alpha value is -1.64. The van der Waals surface area contributed by atoms with E-state index in [2.05, 4.69) is 62.3 Å². The van der Waals surface area contributed by atoms with Crippen LogP contribution in [-0.2, 0) is 6.42 Å². The van der Waals surface area contributed by atoms with Gasteiger partial charge >= 0.3 is 0 Å². The molecule has 21 heavy (non-hydrogen) atoms. The van der Waals surface area contributed by atoms with Gasteiger partial charge in [0, 0.05) is 11.5 Å². The third-order valence-electron chi connectivity index (χ3n) is 4.46. The van der Waals surface area contributed by atoms with Crippen LogP contribution in [0.3, 0.4) is 0 Å². The van der Waals surface area contributed by atoms with Gasteiger partial charge in [0.1, 0.15) is 5.69 Å². The highest BCUT2D eigenvalue weighted by atomic mass is 15.4. The van der Waals surface area contributed by atoms with Crippen molar-refractivity contribution >= 4 is 0 Å². The van der Waals surface area contributed by atoms with Gasteiger partial charge in [-0.3, -0.25) is 0 Å². The lowest BCUT2D eigenvalue weighted by atomic mass is 10.0. The van der Waals surface area contributed by atoms with Gasteiger partial charge in [-0.2, -0.15) is 0 Å². The molecule has 0 aliphatic carbocycles. The molecule has 1 aliphatic heterocycles. The van der Waals surface area contributed by atoms with Gasteiger partial charge in [-0.15, -0.1) is 0 Å². The largest absolute Gasteiger partial charge is 0.278 e. The first-order valence-corrected chi connectivity index (χ1v) is 8.03. The molecule has 2 aromatic rings. The van der Waals surface area contributed by atoms with Crippen LogP contribution in [0.4, 0.5) is 0 Å². The Morgan fingerprint density at radius 2 is 1.90 bits per heavy atom. The fraction of sp³-hybridized carbons (Fsp3) is 0.556. The van der Waals surface area contributed by atoms with Crippen molar-refractivity contribution in [3.63, 3.8) is 0 Å². The topological polar surface area (TPSA) is 21.7 Å². The molecule has 3 heteroatoms. The zero-order valence-electron chi connectivity index (χ0n) is 13.8. The summed E-state index contributed by atoms with van der Waals surface area (Å²) in [4.78, 5) is 0. The number of fused-ring (bicyclic) bond motifs is 1. The Bertz CT molecular complexity index is 644. The Morgan fingerprint density at radius 3 is 2.52 bits per heavy atom. The van der Waals surface area contributed by atoms with Crippen LogP contribution in [0.5, 0.6) is 0 Å². The monoisotopic (exact) mass is 284 g/mol. The summed E-state index contributed by atoms with van der Waals surface area (Å²) in [6.45, 7) is 11.1. The average molecular weight is 284 g/mol. The summed E-state index contributed by atoms with van der Waals surface area (Å²) in [5.41, 5.74) is 5.16. The van der Waals surface area contributed by atoms with E-state index in [1.807, 2.05) is 0 Å². The normalized spacial score (nSPS) is 17.5. The van der Waals surface area contributed by atoms with Crippen molar-refractivity contribution in [2.45, 2.75) is 59.9 Å². The summed E-state index contributed by atoms with van der Waals surface area (Å²) in [6.07, 6.45) is 5.80. The molecular weight excluding hydrogens is 258 g/mol.